The third kappa shape index (κ3) is 2.12. The van der Waals surface area contributed by atoms with Crippen molar-refractivity contribution in [2.75, 3.05) is 0 Å². The highest BCUT2D eigenvalue weighted by Crippen LogP contribution is 2.34. The van der Waals surface area contributed by atoms with Crippen molar-refractivity contribution in [3.63, 3.8) is 0 Å². The lowest BCUT2D eigenvalue weighted by Gasteiger charge is -2.19. The Morgan fingerprint density at radius 1 is 1.33 bits per heavy atom. The van der Waals surface area contributed by atoms with E-state index in [1.807, 2.05) is 0 Å². The highest BCUT2D eigenvalue weighted by Gasteiger charge is 2.23. The summed E-state index contributed by atoms with van der Waals surface area (Å²) in [4.78, 5) is 0. The number of phenols is 1. The van der Waals surface area contributed by atoms with Crippen molar-refractivity contribution in [1.29, 1.82) is 0 Å². The Balaban J connectivity index is 2.17. The second-order valence-corrected chi connectivity index (χ2v) is 4.28. The van der Waals surface area contributed by atoms with Crippen molar-refractivity contribution in [3.05, 3.63) is 29.6 Å². The van der Waals surface area contributed by atoms with Gasteiger partial charge in [-0.05, 0) is 36.5 Å². The molecule has 15 heavy (non-hydrogen) atoms. The Labute approximate surface area is 88.9 Å². The standard InChI is InChI=1S/C12H16FNO/c13-10-7-9(5-6-11(10)15)12(14)8-3-1-2-4-8/h5-8,12,15H,1-4,14H2/t12-/m1/s1. The largest absolute Gasteiger partial charge is 0.505 e. The zero-order valence-corrected chi connectivity index (χ0v) is 8.62. The third-order valence-corrected chi connectivity index (χ3v) is 3.26. The van der Waals surface area contributed by atoms with Crippen molar-refractivity contribution >= 4 is 0 Å². The molecule has 3 heteroatoms. The third-order valence-electron chi connectivity index (χ3n) is 3.26. The highest BCUT2D eigenvalue weighted by atomic mass is 19.1. The first-order chi connectivity index (χ1) is 7.18. The summed E-state index contributed by atoms with van der Waals surface area (Å²) < 4.78 is 13.1. The van der Waals surface area contributed by atoms with Gasteiger partial charge in [0.2, 0.25) is 0 Å². The topological polar surface area (TPSA) is 46.2 Å². The Kier molecular flexibility index (Phi) is 2.91. The molecule has 1 aromatic rings. The van der Waals surface area contributed by atoms with Crippen LogP contribution < -0.4 is 5.73 Å². The predicted molar refractivity (Wildman–Crippen MR) is 57.0 cm³/mol. The van der Waals surface area contributed by atoms with Gasteiger partial charge < -0.3 is 10.8 Å². The van der Waals surface area contributed by atoms with Crippen molar-refractivity contribution in [2.24, 2.45) is 11.7 Å². The summed E-state index contributed by atoms with van der Waals surface area (Å²) in [7, 11) is 0. The Morgan fingerprint density at radius 3 is 2.60 bits per heavy atom. The molecule has 0 aromatic heterocycles. The quantitative estimate of drug-likeness (QED) is 0.786. The summed E-state index contributed by atoms with van der Waals surface area (Å²) in [6.45, 7) is 0. The maximum atomic E-state index is 13.1. The summed E-state index contributed by atoms with van der Waals surface area (Å²) >= 11 is 0. The van der Waals surface area contributed by atoms with Gasteiger partial charge in [-0.1, -0.05) is 18.9 Å². The van der Waals surface area contributed by atoms with E-state index in [-0.39, 0.29) is 11.8 Å². The van der Waals surface area contributed by atoms with E-state index in [1.165, 1.54) is 25.0 Å². The SMILES string of the molecule is N[C@@H](c1ccc(O)c(F)c1)C1CCCC1. The van der Waals surface area contributed by atoms with Gasteiger partial charge in [0, 0.05) is 6.04 Å². The molecule has 1 aromatic carbocycles. The van der Waals surface area contributed by atoms with Crippen LogP contribution in [0.2, 0.25) is 0 Å². The minimum Gasteiger partial charge on any atom is -0.505 e. The average Bonchev–Trinajstić information content (AvgIpc) is 2.74. The van der Waals surface area contributed by atoms with E-state index in [0.717, 1.165) is 18.4 Å². The summed E-state index contributed by atoms with van der Waals surface area (Å²) in [6, 6.07) is 4.33. The molecule has 0 radical (unpaired) electrons. The maximum Gasteiger partial charge on any atom is 0.165 e. The number of phenolic OH excluding ortho intramolecular Hbond substituents is 1. The van der Waals surface area contributed by atoms with Gasteiger partial charge in [-0.2, -0.15) is 0 Å². The van der Waals surface area contributed by atoms with Gasteiger partial charge in [0.15, 0.2) is 11.6 Å². The van der Waals surface area contributed by atoms with Gasteiger partial charge in [0.1, 0.15) is 0 Å². The summed E-state index contributed by atoms with van der Waals surface area (Å²) in [5.74, 6) is -0.424. The average molecular weight is 209 g/mol. The van der Waals surface area contributed by atoms with Crippen LogP contribution in [0, 0.1) is 11.7 Å². The summed E-state index contributed by atoms with van der Waals surface area (Å²) in [6.07, 6.45) is 4.70. The molecule has 0 unspecified atom stereocenters. The Morgan fingerprint density at radius 2 is 2.00 bits per heavy atom. The van der Waals surface area contributed by atoms with Crippen LogP contribution >= 0.6 is 0 Å². The molecular weight excluding hydrogens is 193 g/mol. The molecule has 0 aliphatic heterocycles. The van der Waals surface area contributed by atoms with Crippen LogP contribution in [-0.4, -0.2) is 5.11 Å². The number of rotatable bonds is 2. The summed E-state index contributed by atoms with van der Waals surface area (Å²) in [5, 5.41) is 9.08. The first kappa shape index (κ1) is 10.4. The molecule has 1 saturated carbocycles. The van der Waals surface area contributed by atoms with Crippen LogP contribution in [0.5, 0.6) is 5.75 Å². The molecule has 1 aliphatic rings. The van der Waals surface area contributed by atoms with Gasteiger partial charge in [0.05, 0.1) is 0 Å². The zero-order valence-electron chi connectivity index (χ0n) is 8.62. The fraction of sp³-hybridized carbons (Fsp3) is 0.500. The molecular formula is C12H16FNO. The number of aromatic hydroxyl groups is 1. The molecule has 1 atom stereocenters. The van der Waals surface area contributed by atoms with Crippen LogP contribution in [0.15, 0.2) is 18.2 Å². The van der Waals surface area contributed by atoms with Crippen molar-refractivity contribution < 1.29 is 9.50 Å². The van der Waals surface area contributed by atoms with E-state index in [4.69, 9.17) is 10.8 Å². The molecule has 3 N–H and O–H groups in total. The summed E-state index contributed by atoms with van der Waals surface area (Å²) in [5.41, 5.74) is 6.86. The molecule has 1 fully saturated rings. The minimum absolute atomic E-state index is 0.0948. The van der Waals surface area contributed by atoms with E-state index in [2.05, 4.69) is 0 Å². The number of hydrogen-bond acceptors (Lipinski definition) is 2. The van der Waals surface area contributed by atoms with Crippen LogP contribution in [0.25, 0.3) is 0 Å². The van der Waals surface area contributed by atoms with Crippen LogP contribution in [-0.2, 0) is 0 Å². The molecule has 1 aliphatic carbocycles. The van der Waals surface area contributed by atoms with Gasteiger partial charge >= 0.3 is 0 Å². The van der Waals surface area contributed by atoms with Gasteiger partial charge in [-0.3, -0.25) is 0 Å². The molecule has 0 bridgehead atoms. The van der Waals surface area contributed by atoms with Gasteiger partial charge in [-0.15, -0.1) is 0 Å². The van der Waals surface area contributed by atoms with E-state index >= 15 is 0 Å². The second kappa shape index (κ2) is 4.19. The van der Waals surface area contributed by atoms with Crippen molar-refractivity contribution in [3.8, 4) is 5.75 Å². The first-order valence-electron chi connectivity index (χ1n) is 5.42. The Bertz CT molecular complexity index is 347. The molecule has 82 valence electrons. The fourth-order valence-electron chi connectivity index (χ4n) is 2.32. The molecule has 0 saturated heterocycles. The lowest BCUT2D eigenvalue weighted by Crippen LogP contribution is -2.19. The second-order valence-electron chi connectivity index (χ2n) is 4.28. The molecule has 0 spiro atoms. The predicted octanol–water partition coefficient (Wildman–Crippen LogP) is 2.72. The van der Waals surface area contributed by atoms with Crippen LogP contribution in [0.1, 0.15) is 37.3 Å². The van der Waals surface area contributed by atoms with Gasteiger partial charge in [-0.25, -0.2) is 4.39 Å². The maximum absolute atomic E-state index is 13.1. The molecule has 2 nitrogen and oxygen atoms in total. The monoisotopic (exact) mass is 209 g/mol. The van der Waals surface area contributed by atoms with Crippen molar-refractivity contribution in [2.45, 2.75) is 31.7 Å². The van der Waals surface area contributed by atoms with E-state index in [0.29, 0.717) is 5.92 Å². The van der Waals surface area contributed by atoms with Gasteiger partial charge in [0.25, 0.3) is 0 Å². The van der Waals surface area contributed by atoms with Crippen molar-refractivity contribution in [1.82, 2.24) is 0 Å². The molecule has 0 amide bonds. The smallest absolute Gasteiger partial charge is 0.165 e. The van der Waals surface area contributed by atoms with E-state index < -0.39 is 5.82 Å². The number of hydrogen-bond donors (Lipinski definition) is 2. The highest BCUT2D eigenvalue weighted by molar-refractivity contribution is 5.30. The lowest BCUT2D eigenvalue weighted by atomic mass is 9.92. The minimum atomic E-state index is -0.582. The number of nitrogens with two attached hydrogens (primary N) is 1. The Hall–Kier alpha value is -1.09. The van der Waals surface area contributed by atoms with Crippen LogP contribution in [0.3, 0.4) is 0 Å². The number of halogens is 1. The fourth-order valence-corrected chi connectivity index (χ4v) is 2.32. The number of benzene rings is 1. The van der Waals surface area contributed by atoms with E-state index in [1.54, 1.807) is 6.07 Å². The lowest BCUT2D eigenvalue weighted by molar-refractivity contribution is 0.422. The first-order valence-corrected chi connectivity index (χ1v) is 5.42. The molecule has 0 heterocycles. The van der Waals surface area contributed by atoms with Crippen LogP contribution in [0.4, 0.5) is 4.39 Å². The van der Waals surface area contributed by atoms with E-state index in [9.17, 15) is 4.39 Å². The molecule has 2 rings (SSSR count). The normalized spacial score (nSPS) is 19.3. The zero-order chi connectivity index (χ0) is 10.8.